The van der Waals surface area contributed by atoms with Crippen molar-refractivity contribution in [2.45, 2.75) is 12.2 Å². The molecule has 0 saturated carbocycles. The van der Waals surface area contributed by atoms with E-state index in [2.05, 4.69) is 26.3 Å². The largest absolute Gasteiger partial charge is 0.497 e. The van der Waals surface area contributed by atoms with E-state index in [1.807, 2.05) is 48.5 Å². The lowest BCUT2D eigenvalue weighted by molar-refractivity contribution is 0.0696. The number of benzene rings is 2. The average molecular weight is 405 g/mol. The Labute approximate surface area is 178 Å². The number of methoxy groups -OCH3 is 2. The molecule has 0 aromatic heterocycles. The third kappa shape index (κ3) is 4.73. The van der Waals surface area contributed by atoms with Crippen molar-refractivity contribution >= 4 is 0 Å². The topological polar surface area (TPSA) is 36.9 Å². The van der Waals surface area contributed by atoms with Crippen LogP contribution in [-0.4, -0.2) is 27.4 Å². The van der Waals surface area contributed by atoms with Gasteiger partial charge in [-0.15, -0.1) is 0 Å². The van der Waals surface area contributed by atoms with E-state index in [9.17, 15) is 0 Å². The predicted molar refractivity (Wildman–Crippen MR) is 120 cm³/mol. The Balaban J connectivity index is 1.85. The maximum atomic E-state index is 6.23. The van der Waals surface area contributed by atoms with Gasteiger partial charge in [0.2, 0.25) is 0 Å². The van der Waals surface area contributed by atoms with E-state index in [0.717, 1.165) is 44.9 Å². The van der Waals surface area contributed by atoms with E-state index in [4.69, 9.17) is 18.9 Å². The molecule has 156 valence electrons. The van der Waals surface area contributed by atoms with Gasteiger partial charge in [-0.3, -0.25) is 0 Å². The Kier molecular flexibility index (Phi) is 6.93. The monoisotopic (exact) mass is 404 g/mol. The Hall–Kier alpha value is -3.08. The van der Waals surface area contributed by atoms with Gasteiger partial charge in [-0.1, -0.05) is 50.6 Å². The molecule has 1 fully saturated rings. The minimum absolute atomic E-state index is 0.303. The summed E-state index contributed by atoms with van der Waals surface area (Å²) in [5.41, 5.74) is 5.02. The van der Waals surface area contributed by atoms with Gasteiger partial charge in [-0.05, 0) is 57.7 Å². The average Bonchev–Trinajstić information content (AvgIpc) is 2.78. The molecule has 0 aliphatic carbocycles. The van der Waals surface area contributed by atoms with Crippen LogP contribution in [0, 0.1) is 0 Å². The third-order valence-electron chi connectivity index (χ3n) is 5.23. The van der Waals surface area contributed by atoms with E-state index < -0.39 is 0 Å². The van der Waals surface area contributed by atoms with Crippen LogP contribution in [0.15, 0.2) is 97.1 Å². The summed E-state index contributed by atoms with van der Waals surface area (Å²) in [5.74, 6) is 1.57. The summed E-state index contributed by atoms with van der Waals surface area (Å²) in [4.78, 5) is 0. The highest BCUT2D eigenvalue weighted by Crippen LogP contribution is 2.36. The molecule has 30 heavy (non-hydrogen) atoms. The van der Waals surface area contributed by atoms with Crippen molar-refractivity contribution in [1.82, 2.24) is 0 Å². The molecule has 2 aromatic rings. The molecular weight excluding hydrogens is 376 g/mol. The zero-order chi connectivity index (χ0) is 21.7. The molecule has 1 heterocycles. The molecule has 0 bridgehead atoms. The first-order chi connectivity index (χ1) is 14.4. The molecule has 3 rings (SSSR count). The normalized spacial score (nSPS) is 20.7. The van der Waals surface area contributed by atoms with Crippen LogP contribution >= 0.6 is 0 Å². The first-order valence-corrected chi connectivity index (χ1v) is 9.69. The second-order valence-corrected chi connectivity index (χ2v) is 7.19. The van der Waals surface area contributed by atoms with Gasteiger partial charge in [0.25, 0.3) is 0 Å². The quantitative estimate of drug-likeness (QED) is 0.649. The van der Waals surface area contributed by atoms with Gasteiger partial charge in [-0.2, -0.15) is 0 Å². The molecule has 4 heteroatoms. The number of rotatable bonds is 4. The first-order valence-electron chi connectivity index (χ1n) is 9.69. The minimum atomic E-state index is -0.353. The smallest absolute Gasteiger partial charge is 0.118 e. The van der Waals surface area contributed by atoms with Crippen molar-refractivity contribution in [1.29, 1.82) is 0 Å². The lowest BCUT2D eigenvalue weighted by atomic mass is 9.94. The summed E-state index contributed by atoms with van der Waals surface area (Å²) in [6.45, 7) is 17.4. The zero-order valence-corrected chi connectivity index (χ0v) is 17.6. The van der Waals surface area contributed by atoms with Crippen LogP contribution in [-0.2, 0) is 9.47 Å². The highest BCUT2D eigenvalue weighted by atomic mass is 16.5. The molecule has 0 spiro atoms. The summed E-state index contributed by atoms with van der Waals surface area (Å²) in [6.07, 6.45) is -0.705. The molecular formula is C26H28O4. The van der Waals surface area contributed by atoms with Gasteiger partial charge in [0, 0.05) is 0 Å². The number of hydrogen-bond acceptors (Lipinski definition) is 4. The molecule has 0 amide bonds. The lowest BCUT2D eigenvalue weighted by Crippen LogP contribution is -2.19. The Morgan fingerprint density at radius 2 is 0.967 bits per heavy atom. The highest BCUT2D eigenvalue weighted by Gasteiger charge is 2.25. The van der Waals surface area contributed by atoms with Gasteiger partial charge in [0.1, 0.15) is 23.7 Å². The summed E-state index contributed by atoms with van der Waals surface area (Å²) in [5, 5.41) is 0. The standard InChI is InChI=1S/C26H28O4/c1-17-15-29-26(22-9-13-24(28-6)14-10-22)20(4)18(2)16-30-25(19(17)3)21-7-11-23(27-5)12-8-21/h7-14,25-26H,1-4,15-16H2,5-6H3/t25-,26+. The summed E-state index contributed by atoms with van der Waals surface area (Å²) in [7, 11) is 3.28. The van der Waals surface area contributed by atoms with Crippen molar-refractivity contribution in [2.75, 3.05) is 27.4 Å². The summed E-state index contributed by atoms with van der Waals surface area (Å²) >= 11 is 0. The third-order valence-corrected chi connectivity index (χ3v) is 5.23. The molecule has 0 unspecified atom stereocenters. The fourth-order valence-corrected chi connectivity index (χ4v) is 3.28. The van der Waals surface area contributed by atoms with Crippen LogP contribution in [0.25, 0.3) is 0 Å². The Bertz CT molecular complexity index is 859. The maximum Gasteiger partial charge on any atom is 0.118 e. The van der Waals surface area contributed by atoms with Gasteiger partial charge < -0.3 is 18.9 Å². The second-order valence-electron chi connectivity index (χ2n) is 7.19. The molecule has 1 saturated heterocycles. The molecule has 2 atom stereocenters. The van der Waals surface area contributed by atoms with Crippen molar-refractivity contribution in [2.24, 2.45) is 0 Å². The van der Waals surface area contributed by atoms with Crippen LogP contribution in [0.3, 0.4) is 0 Å². The Morgan fingerprint density at radius 1 is 0.633 bits per heavy atom. The predicted octanol–water partition coefficient (Wildman–Crippen LogP) is 5.76. The van der Waals surface area contributed by atoms with Crippen LogP contribution in [0.2, 0.25) is 0 Å². The first kappa shape index (κ1) is 21.6. The second kappa shape index (κ2) is 9.61. The van der Waals surface area contributed by atoms with Crippen molar-refractivity contribution in [3.05, 3.63) is 108 Å². The zero-order valence-electron chi connectivity index (χ0n) is 17.6. The number of ether oxygens (including phenoxy) is 4. The van der Waals surface area contributed by atoms with Gasteiger partial charge in [-0.25, -0.2) is 0 Å². The highest BCUT2D eigenvalue weighted by molar-refractivity contribution is 5.42. The van der Waals surface area contributed by atoms with Crippen molar-refractivity contribution in [3.63, 3.8) is 0 Å². The Morgan fingerprint density at radius 3 is 1.27 bits per heavy atom. The van der Waals surface area contributed by atoms with Crippen LogP contribution in [0.4, 0.5) is 0 Å². The van der Waals surface area contributed by atoms with E-state index in [1.54, 1.807) is 14.2 Å². The van der Waals surface area contributed by atoms with Crippen molar-refractivity contribution in [3.8, 4) is 11.5 Å². The van der Waals surface area contributed by atoms with Gasteiger partial charge >= 0.3 is 0 Å². The van der Waals surface area contributed by atoms with Crippen LogP contribution in [0.1, 0.15) is 23.3 Å². The summed E-state index contributed by atoms with van der Waals surface area (Å²) < 4.78 is 23.0. The fourth-order valence-electron chi connectivity index (χ4n) is 3.28. The SMILES string of the molecule is C=C1CO[C@H](c2ccc(OC)cc2)C(=C)C(=C)CO[C@@H](c2ccc(OC)cc2)C1=C. The van der Waals surface area contributed by atoms with Gasteiger partial charge in [0.05, 0.1) is 27.4 Å². The number of hydrogen-bond donors (Lipinski definition) is 0. The molecule has 1 aliphatic heterocycles. The molecule has 0 radical (unpaired) electrons. The molecule has 4 nitrogen and oxygen atoms in total. The molecule has 1 aliphatic rings. The van der Waals surface area contributed by atoms with Gasteiger partial charge in [0.15, 0.2) is 0 Å². The molecule has 0 N–H and O–H groups in total. The van der Waals surface area contributed by atoms with E-state index in [1.165, 1.54) is 0 Å². The van der Waals surface area contributed by atoms with Crippen LogP contribution < -0.4 is 9.47 Å². The minimum Gasteiger partial charge on any atom is -0.497 e. The molecule has 2 aromatic carbocycles. The van der Waals surface area contributed by atoms with E-state index >= 15 is 0 Å². The van der Waals surface area contributed by atoms with E-state index in [-0.39, 0.29) is 12.2 Å². The van der Waals surface area contributed by atoms with Crippen molar-refractivity contribution < 1.29 is 18.9 Å². The lowest BCUT2D eigenvalue weighted by Gasteiger charge is -2.29. The summed E-state index contributed by atoms with van der Waals surface area (Å²) in [6, 6.07) is 15.5. The van der Waals surface area contributed by atoms with Crippen LogP contribution in [0.5, 0.6) is 11.5 Å². The maximum absolute atomic E-state index is 6.23. The van der Waals surface area contributed by atoms with E-state index in [0.29, 0.717) is 13.2 Å². The fraction of sp³-hybridized carbons (Fsp3) is 0.231.